The van der Waals surface area contributed by atoms with Crippen LogP contribution in [0, 0.1) is 12.8 Å². The molecular formula is C20H22N2O2. The van der Waals surface area contributed by atoms with Crippen molar-refractivity contribution in [3.05, 3.63) is 70.8 Å². The molecule has 1 amide bonds. The summed E-state index contributed by atoms with van der Waals surface area (Å²) in [5.74, 6) is 0.157. The number of hydrogen-bond donors (Lipinski definition) is 1. The molecule has 1 aliphatic heterocycles. The van der Waals surface area contributed by atoms with Crippen LogP contribution in [-0.4, -0.2) is 36.2 Å². The van der Waals surface area contributed by atoms with Gasteiger partial charge in [-0.15, -0.1) is 0 Å². The van der Waals surface area contributed by atoms with E-state index in [1.54, 1.807) is 41.3 Å². The molecule has 1 saturated heterocycles. The second kappa shape index (κ2) is 6.97. The predicted molar refractivity (Wildman–Crippen MR) is 94.1 cm³/mol. The Morgan fingerprint density at radius 1 is 1.08 bits per heavy atom. The molecule has 0 saturated carbocycles. The van der Waals surface area contributed by atoms with Crippen LogP contribution in [0.2, 0.25) is 0 Å². The van der Waals surface area contributed by atoms with Gasteiger partial charge in [-0.2, -0.15) is 0 Å². The highest BCUT2D eigenvalue weighted by Gasteiger charge is 2.28. The fourth-order valence-corrected chi connectivity index (χ4v) is 3.11. The summed E-state index contributed by atoms with van der Waals surface area (Å²) in [5.41, 5.74) is 8.34. The van der Waals surface area contributed by atoms with Gasteiger partial charge in [-0.3, -0.25) is 9.59 Å². The molecule has 1 unspecified atom stereocenters. The Morgan fingerprint density at radius 2 is 1.75 bits per heavy atom. The summed E-state index contributed by atoms with van der Waals surface area (Å²) >= 11 is 0. The molecule has 1 heterocycles. The molecule has 1 atom stereocenters. The van der Waals surface area contributed by atoms with E-state index in [-0.39, 0.29) is 11.7 Å². The lowest BCUT2D eigenvalue weighted by atomic mass is 9.97. The van der Waals surface area contributed by atoms with Gasteiger partial charge in [0.1, 0.15) is 0 Å². The average molecular weight is 322 g/mol. The fraction of sp³-hybridized carbons (Fsp3) is 0.300. The first-order valence-electron chi connectivity index (χ1n) is 8.30. The number of carbonyl (C=O) groups excluding carboxylic acids is 2. The Bertz CT molecular complexity index is 752. The monoisotopic (exact) mass is 322 g/mol. The number of carbonyl (C=O) groups is 2. The van der Waals surface area contributed by atoms with Crippen LogP contribution in [0.15, 0.2) is 48.5 Å². The minimum atomic E-state index is -0.117. The van der Waals surface area contributed by atoms with Crippen molar-refractivity contribution in [3.63, 3.8) is 0 Å². The maximum absolute atomic E-state index is 12.9. The Morgan fingerprint density at radius 3 is 2.38 bits per heavy atom. The largest absolute Gasteiger partial charge is 0.338 e. The fourth-order valence-electron chi connectivity index (χ4n) is 3.11. The highest BCUT2D eigenvalue weighted by molar-refractivity contribution is 6.15. The maximum atomic E-state index is 12.9. The lowest BCUT2D eigenvalue weighted by molar-refractivity contribution is 0.0783. The van der Waals surface area contributed by atoms with Gasteiger partial charge in [0.15, 0.2) is 5.78 Å². The van der Waals surface area contributed by atoms with E-state index in [9.17, 15) is 9.59 Å². The first-order valence-corrected chi connectivity index (χ1v) is 8.30. The predicted octanol–water partition coefficient (Wildman–Crippen LogP) is 2.65. The number of aryl methyl sites for hydroxylation is 1. The second-order valence-corrected chi connectivity index (χ2v) is 6.38. The molecule has 3 rings (SSSR count). The lowest BCUT2D eigenvalue weighted by Gasteiger charge is -2.18. The molecule has 0 aliphatic carbocycles. The van der Waals surface area contributed by atoms with Crippen molar-refractivity contribution in [2.45, 2.75) is 13.3 Å². The number of benzene rings is 2. The molecule has 24 heavy (non-hydrogen) atoms. The van der Waals surface area contributed by atoms with Gasteiger partial charge in [0.05, 0.1) is 5.56 Å². The van der Waals surface area contributed by atoms with Gasteiger partial charge in [0.2, 0.25) is 0 Å². The van der Waals surface area contributed by atoms with Crippen molar-refractivity contribution in [2.75, 3.05) is 19.6 Å². The molecule has 1 fully saturated rings. The highest BCUT2D eigenvalue weighted by atomic mass is 16.2. The SMILES string of the molecule is Cc1ccc(C(=O)c2ccccc2C(=O)N2CCC(CN)C2)cc1. The van der Waals surface area contributed by atoms with Crippen molar-refractivity contribution >= 4 is 11.7 Å². The number of hydrogen-bond acceptors (Lipinski definition) is 3. The molecule has 2 aromatic carbocycles. The smallest absolute Gasteiger partial charge is 0.254 e. The molecule has 2 aromatic rings. The van der Waals surface area contributed by atoms with Gasteiger partial charge in [0.25, 0.3) is 5.91 Å². The van der Waals surface area contributed by atoms with Gasteiger partial charge in [-0.05, 0) is 31.9 Å². The van der Waals surface area contributed by atoms with Crippen LogP contribution in [0.4, 0.5) is 0 Å². The van der Waals surface area contributed by atoms with E-state index in [1.165, 1.54) is 0 Å². The molecular weight excluding hydrogens is 300 g/mol. The third-order valence-electron chi connectivity index (χ3n) is 4.62. The summed E-state index contributed by atoms with van der Waals surface area (Å²) in [4.78, 5) is 27.5. The van der Waals surface area contributed by atoms with Crippen LogP contribution in [0.25, 0.3) is 0 Å². The van der Waals surface area contributed by atoms with E-state index in [0.717, 1.165) is 12.0 Å². The average Bonchev–Trinajstić information content (AvgIpc) is 3.10. The number of likely N-dealkylation sites (tertiary alicyclic amines) is 1. The molecule has 1 aliphatic rings. The number of nitrogens with zero attached hydrogens (tertiary/aromatic N) is 1. The Labute approximate surface area is 142 Å². The molecule has 0 radical (unpaired) electrons. The standard InChI is InChI=1S/C20H22N2O2/c1-14-6-8-16(9-7-14)19(23)17-4-2-3-5-18(17)20(24)22-11-10-15(12-21)13-22/h2-9,15H,10-13,21H2,1H3. The van der Waals surface area contributed by atoms with Gasteiger partial charge in [-0.1, -0.05) is 48.0 Å². The van der Waals surface area contributed by atoms with Crippen molar-refractivity contribution in [2.24, 2.45) is 11.7 Å². The van der Waals surface area contributed by atoms with Crippen LogP contribution in [0.5, 0.6) is 0 Å². The van der Waals surface area contributed by atoms with Crippen molar-refractivity contribution < 1.29 is 9.59 Å². The zero-order chi connectivity index (χ0) is 17.1. The Hall–Kier alpha value is -2.46. The molecule has 0 aromatic heterocycles. The van der Waals surface area contributed by atoms with Crippen molar-refractivity contribution in [1.82, 2.24) is 4.90 Å². The van der Waals surface area contributed by atoms with Gasteiger partial charge < -0.3 is 10.6 Å². The van der Waals surface area contributed by atoms with Crippen LogP contribution in [0.3, 0.4) is 0 Å². The van der Waals surface area contributed by atoms with E-state index in [4.69, 9.17) is 5.73 Å². The molecule has 0 spiro atoms. The minimum absolute atomic E-state index is 0.0815. The molecule has 4 nitrogen and oxygen atoms in total. The highest BCUT2D eigenvalue weighted by Crippen LogP contribution is 2.21. The van der Waals surface area contributed by atoms with E-state index in [0.29, 0.717) is 42.2 Å². The third-order valence-corrected chi connectivity index (χ3v) is 4.62. The number of nitrogens with two attached hydrogens (primary N) is 1. The summed E-state index contributed by atoms with van der Waals surface area (Å²) in [7, 11) is 0. The van der Waals surface area contributed by atoms with Crippen LogP contribution >= 0.6 is 0 Å². The summed E-state index contributed by atoms with van der Waals surface area (Å²) in [5, 5.41) is 0. The molecule has 0 bridgehead atoms. The first-order chi connectivity index (χ1) is 11.6. The summed E-state index contributed by atoms with van der Waals surface area (Å²) < 4.78 is 0. The number of rotatable bonds is 4. The minimum Gasteiger partial charge on any atom is -0.338 e. The Kier molecular flexibility index (Phi) is 4.76. The van der Waals surface area contributed by atoms with E-state index in [1.807, 2.05) is 19.1 Å². The van der Waals surface area contributed by atoms with E-state index in [2.05, 4.69) is 0 Å². The zero-order valence-electron chi connectivity index (χ0n) is 13.9. The second-order valence-electron chi connectivity index (χ2n) is 6.38. The number of ketones is 1. The van der Waals surface area contributed by atoms with Gasteiger partial charge in [0, 0.05) is 24.2 Å². The zero-order valence-corrected chi connectivity index (χ0v) is 13.9. The van der Waals surface area contributed by atoms with Crippen LogP contribution in [-0.2, 0) is 0 Å². The normalized spacial score (nSPS) is 17.1. The number of amides is 1. The lowest BCUT2D eigenvalue weighted by Crippen LogP contribution is -2.31. The van der Waals surface area contributed by atoms with Crippen molar-refractivity contribution in [3.8, 4) is 0 Å². The maximum Gasteiger partial charge on any atom is 0.254 e. The quantitative estimate of drug-likeness (QED) is 0.880. The summed E-state index contributed by atoms with van der Waals surface area (Å²) in [6.45, 7) is 3.94. The van der Waals surface area contributed by atoms with Gasteiger partial charge in [-0.25, -0.2) is 0 Å². The third kappa shape index (κ3) is 3.24. The molecule has 4 heteroatoms. The molecule has 2 N–H and O–H groups in total. The van der Waals surface area contributed by atoms with E-state index >= 15 is 0 Å². The van der Waals surface area contributed by atoms with E-state index < -0.39 is 0 Å². The summed E-state index contributed by atoms with van der Waals surface area (Å²) in [6, 6.07) is 14.5. The molecule has 124 valence electrons. The van der Waals surface area contributed by atoms with Crippen LogP contribution in [0.1, 0.15) is 38.3 Å². The first kappa shape index (κ1) is 16.4. The topological polar surface area (TPSA) is 63.4 Å². The Balaban J connectivity index is 1.89. The van der Waals surface area contributed by atoms with Gasteiger partial charge >= 0.3 is 0 Å². The van der Waals surface area contributed by atoms with Crippen molar-refractivity contribution in [1.29, 1.82) is 0 Å². The van der Waals surface area contributed by atoms with Crippen LogP contribution < -0.4 is 5.73 Å². The summed E-state index contributed by atoms with van der Waals surface area (Å²) in [6.07, 6.45) is 0.927.